The summed E-state index contributed by atoms with van der Waals surface area (Å²) in [6.45, 7) is 0.600. The summed E-state index contributed by atoms with van der Waals surface area (Å²) in [6, 6.07) is 25.7. The molecule has 2 aliphatic rings. The minimum Gasteiger partial charge on any atom is -0.485 e. The zero-order valence-corrected chi connectivity index (χ0v) is 30.8. The number of likely N-dealkylation sites (tertiary alicyclic amines) is 1. The maximum absolute atomic E-state index is 14.2. The summed E-state index contributed by atoms with van der Waals surface area (Å²) in [5.74, 6) is -0.531. The van der Waals surface area contributed by atoms with E-state index < -0.39 is 48.0 Å². The number of carbonyl (C=O) groups is 3. The van der Waals surface area contributed by atoms with Gasteiger partial charge in [-0.3, -0.25) is 0 Å². The number of amides is 3. The maximum atomic E-state index is 14.2. The second kappa shape index (κ2) is 16.0. The SMILES string of the molecule is O=C(N[C@@H](Cc1c[nH]c2ccccc12)C(=O)O[C@@H]1CC2(CCN(C(=O)Nc3ccc(OC(F)(F)F)cc3)CC2)Oc2c(Br)cccc21)OCc1ccccc1. The number of nitrogens with zero attached hydrogens (tertiary/aromatic N) is 1. The Hall–Kier alpha value is -5.70. The molecular formula is C40H36BrF3N4O7. The molecule has 15 heteroatoms. The molecule has 3 N–H and O–H groups in total. The van der Waals surface area contributed by atoms with Crippen LogP contribution in [0.25, 0.3) is 10.9 Å². The number of esters is 1. The van der Waals surface area contributed by atoms with Crippen molar-refractivity contribution in [3.8, 4) is 11.5 Å². The summed E-state index contributed by atoms with van der Waals surface area (Å²) in [7, 11) is 0. The first kappa shape index (κ1) is 37.6. The average Bonchev–Trinajstić information content (AvgIpc) is 3.57. The molecule has 1 spiro atoms. The number of nitrogens with one attached hydrogen (secondary N) is 3. The first-order valence-electron chi connectivity index (χ1n) is 17.6. The Balaban J connectivity index is 1.05. The second-order valence-corrected chi connectivity index (χ2v) is 14.2. The molecule has 1 saturated heterocycles. The quantitative estimate of drug-likeness (QED) is 0.127. The molecule has 0 radical (unpaired) electrons. The number of anilines is 1. The lowest BCUT2D eigenvalue weighted by atomic mass is 9.81. The molecule has 0 unspecified atom stereocenters. The van der Waals surface area contributed by atoms with E-state index in [4.69, 9.17) is 14.2 Å². The Bertz CT molecular complexity index is 2160. The van der Waals surface area contributed by atoms with Crippen LogP contribution in [0, 0.1) is 0 Å². The van der Waals surface area contributed by atoms with E-state index in [1.54, 1.807) is 11.1 Å². The number of hydrogen-bond donors (Lipinski definition) is 3. The van der Waals surface area contributed by atoms with Gasteiger partial charge in [-0.2, -0.15) is 0 Å². The Labute approximate surface area is 322 Å². The van der Waals surface area contributed by atoms with Crippen LogP contribution in [0.1, 0.15) is 42.1 Å². The molecule has 286 valence electrons. The Morgan fingerprint density at radius 3 is 2.42 bits per heavy atom. The van der Waals surface area contributed by atoms with Gasteiger partial charge in [-0.05, 0) is 63.5 Å². The summed E-state index contributed by atoms with van der Waals surface area (Å²) in [6.07, 6.45) is -3.32. The predicted octanol–water partition coefficient (Wildman–Crippen LogP) is 8.80. The largest absolute Gasteiger partial charge is 0.573 e. The third-order valence-electron chi connectivity index (χ3n) is 9.67. The number of alkyl carbamates (subject to hydrolysis) is 1. The van der Waals surface area contributed by atoms with Crippen molar-refractivity contribution in [3.05, 3.63) is 124 Å². The fraction of sp³-hybridized carbons (Fsp3) is 0.275. The number of aromatic amines is 1. The number of para-hydroxylation sites is 2. The van der Waals surface area contributed by atoms with Crippen molar-refractivity contribution in [1.82, 2.24) is 15.2 Å². The van der Waals surface area contributed by atoms with Gasteiger partial charge in [0.05, 0.1) is 4.47 Å². The van der Waals surface area contributed by atoms with E-state index in [-0.39, 0.29) is 19.4 Å². The molecule has 0 saturated carbocycles. The van der Waals surface area contributed by atoms with Crippen molar-refractivity contribution >= 4 is 50.6 Å². The van der Waals surface area contributed by atoms with Crippen molar-refractivity contribution in [2.24, 2.45) is 0 Å². The molecule has 4 aromatic carbocycles. The van der Waals surface area contributed by atoms with Gasteiger partial charge in [0.1, 0.15) is 35.9 Å². The fourth-order valence-corrected chi connectivity index (χ4v) is 7.37. The highest BCUT2D eigenvalue weighted by Gasteiger charge is 2.46. The van der Waals surface area contributed by atoms with E-state index in [0.29, 0.717) is 47.4 Å². The molecule has 7 rings (SSSR count). The van der Waals surface area contributed by atoms with Crippen LogP contribution < -0.4 is 20.1 Å². The molecule has 55 heavy (non-hydrogen) atoms. The molecule has 5 aromatic rings. The fourth-order valence-electron chi connectivity index (χ4n) is 6.91. The number of benzene rings is 4. The van der Waals surface area contributed by atoms with Gasteiger partial charge in [0, 0.05) is 67.1 Å². The molecule has 3 heterocycles. The molecule has 11 nitrogen and oxygen atoms in total. The molecule has 0 aliphatic carbocycles. The minimum atomic E-state index is -4.82. The Kier molecular flexibility index (Phi) is 10.9. The lowest BCUT2D eigenvalue weighted by Gasteiger charge is -2.46. The van der Waals surface area contributed by atoms with E-state index in [0.717, 1.165) is 34.2 Å². The normalized spacial score (nSPS) is 16.7. The van der Waals surface area contributed by atoms with E-state index in [1.165, 1.54) is 12.1 Å². The highest BCUT2D eigenvalue weighted by Crippen LogP contribution is 2.48. The number of halogens is 4. The first-order chi connectivity index (χ1) is 26.4. The summed E-state index contributed by atoms with van der Waals surface area (Å²) >= 11 is 3.59. The smallest absolute Gasteiger partial charge is 0.485 e. The highest BCUT2D eigenvalue weighted by molar-refractivity contribution is 9.10. The molecular weight excluding hydrogens is 785 g/mol. The number of ether oxygens (including phenoxy) is 4. The number of piperidine rings is 1. The second-order valence-electron chi connectivity index (χ2n) is 13.4. The van der Waals surface area contributed by atoms with Gasteiger partial charge in [-0.25, -0.2) is 14.4 Å². The molecule has 0 bridgehead atoms. The van der Waals surface area contributed by atoms with Crippen LogP contribution in [0.2, 0.25) is 0 Å². The van der Waals surface area contributed by atoms with Crippen LogP contribution in [-0.4, -0.2) is 59.1 Å². The first-order valence-corrected chi connectivity index (χ1v) is 18.3. The maximum Gasteiger partial charge on any atom is 0.573 e. The number of fused-ring (bicyclic) bond motifs is 2. The molecule has 3 amide bonds. The monoisotopic (exact) mass is 820 g/mol. The van der Waals surface area contributed by atoms with Gasteiger partial charge < -0.3 is 39.5 Å². The zero-order chi connectivity index (χ0) is 38.6. The predicted molar refractivity (Wildman–Crippen MR) is 199 cm³/mol. The van der Waals surface area contributed by atoms with Crippen LogP contribution in [0.15, 0.2) is 108 Å². The Morgan fingerprint density at radius 2 is 1.67 bits per heavy atom. The van der Waals surface area contributed by atoms with E-state index in [2.05, 4.69) is 36.3 Å². The van der Waals surface area contributed by atoms with E-state index in [9.17, 15) is 27.6 Å². The number of urea groups is 1. The number of alkyl halides is 3. The summed E-state index contributed by atoms with van der Waals surface area (Å²) in [5.41, 5.74) is 2.64. The number of carbonyl (C=O) groups excluding carboxylic acids is 3. The number of H-pyrrole nitrogens is 1. The topological polar surface area (TPSA) is 131 Å². The van der Waals surface area contributed by atoms with Gasteiger partial charge in [0.15, 0.2) is 0 Å². The van der Waals surface area contributed by atoms with Crippen molar-refractivity contribution in [1.29, 1.82) is 0 Å². The molecule has 1 aromatic heterocycles. The standard InChI is InChI=1S/C40H36BrF3N4O7/c41-31-11-6-10-30-34(22-39(55-35(30)31)17-19-48(20-18-39)37(50)46-27-13-15-28(16-14-27)54-40(42,43)44)53-36(49)33(21-26-23-45-32-12-5-4-9-29(26)32)47-38(51)52-24-25-7-2-1-3-8-25/h1-16,23,33-34,45H,17-22,24H2,(H,46,50)(H,47,51)/t33-,34+/m0/s1. The highest BCUT2D eigenvalue weighted by atomic mass is 79.9. The summed E-state index contributed by atoms with van der Waals surface area (Å²) in [5, 5.41) is 6.36. The lowest BCUT2D eigenvalue weighted by molar-refractivity contribution is -0.274. The van der Waals surface area contributed by atoms with Gasteiger partial charge in [-0.15, -0.1) is 13.2 Å². The lowest BCUT2D eigenvalue weighted by Crippen LogP contribution is -2.53. The van der Waals surface area contributed by atoms with Crippen LogP contribution in [-0.2, 0) is 27.3 Å². The minimum absolute atomic E-state index is 0.0175. The van der Waals surface area contributed by atoms with Crippen molar-refractivity contribution in [2.45, 2.75) is 56.4 Å². The number of rotatable bonds is 9. The summed E-state index contributed by atoms with van der Waals surface area (Å²) in [4.78, 5) is 45.2. The van der Waals surface area contributed by atoms with Crippen molar-refractivity contribution < 1.29 is 46.5 Å². The number of hydrogen-bond acceptors (Lipinski definition) is 7. The third-order valence-corrected chi connectivity index (χ3v) is 10.3. The zero-order valence-electron chi connectivity index (χ0n) is 29.2. The van der Waals surface area contributed by atoms with Gasteiger partial charge in [0.25, 0.3) is 0 Å². The van der Waals surface area contributed by atoms with Gasteiger partial charge in [-0.1, -0.05) is 60.7 Å². The summed E-state index contributed by atoms with van der Waals surface area (Å²) < 4.78 is 60.6. The van der Waals surface area contributed by atoms with Crippen LogP contribution >= 0.6 is 15.9 Å². The van der Waals surface area contributed by atoms with Crippen LogP contribution in [0.5, 0.6) is 11.5 Å². The third kappa shape index (κ3) is 9.16. The molecule has 2 atom stereocenters. The molecule has 2 aliphatic heterocycles. The van der Waals surface area contributed by atoms with Gasteiger partial charge >= 0.3 is 24.5 Å². The van der Waals surface area contributed by atoms with Crippen LogP contribution in [0.4, 0.5) is 28.4 Å². The molecule has 1 fully saturated rings. The van der Waals surface area contributed by atoms with E-state index in [1.807, 2.05) is 72.8 Å². The van der Waals surface area contributed by atoms with E-state index >= 15 is 0 Å². The van der Waals surface area contributed by atoms with Crippen molar-refractivity contribution in [3.63, 3.8) is 0 Å². The Morgan fingerprint density at radius 1 is 0.945 bits per heavy atom. The van der Waals surface area contributed by atoms with Crippen LogP contribution in [0.3, 0.4) is 0 Å². The van der Waals surface area contributed by atoms with Crippen molar-refractivity contribution in [2.75, 3.05) is 18.4 Å². The van der Waals surface area contributed by atoms with Gasteiger partial charge in [0.2, 0.25) is 0 Å². The number of aromatic nitrogens is 1. The average molecular weight is 822 g/mol.